The zero-order valence-corrected chi connectivity index (χ0v) is 7.56. The molecule has 0 aromatic heterocycles. The summed E-state index contributed by atoms with van der Waals surface area (Å²) < 4.78 is 4.70. The highest BCUT2D eigenvalue weighted by atomic mass is 16.5. The van der Waals surface area contributed by atoms with Crippen LogP contribution in [0.15, 0.2) is 12.2 Å². The van der Waals surface area contributed by atoms with Crippen molar-refractivity contribution in [2.45, 2.75) is 6.10 Å². The highest BCUT2D eigenvalue weighted by molar-refractivity contribution is 5.79. The summed E-state index contributed by atoms with van der Waals surface area (Å²) in [5, 5.41) is 20.2. The molecule has 3 N–H and O–H groups in total. The molecule has 0 aliphatic rings. The Bertz CT molecular complexity index is 170. The molecule has 0 saturated carbocycles. The van der Waals surface area contributed by atoms with Crippen LogP contribution in [0.5, 0.6) is 0 Å². The summed E-state index contributed by atoms with van der Waals surface area (Å²) >= 11 is 0. The van der Waals surface area contributed by atoms with E-state index in [0.717, 1.165) is 6.08 Å². The highest BCUT2D eigenvalue weighted by Gasteiger charge is 2.00. The maximum atomic E-state index is 10.0. The molecule has 0 saturated heterocycles. The molecular formula is C8H15NO4. The number of methoxy groups -OCH3 is 1. The average Bonchev–Trinajstić information content (AvgIpc) is 2.03. The summed E-state index contributed by atoms with van der Waals surface area (Å²) in [7, 11) is 1.51. The monoisotopic (exact) mass is 189 g/mol. The number of carboxylic acid groups (broad SMARTS) is 1. The Morgan fingerprint density at radius 1 is 1.69 bits per heavy atom. The van der Waals surface area contributed by atoms with Gasteiger partial charge in [0.1, 0.15) is 0 Å². The summed E-state index contributed by atoms with van der Waals surface area (Å²) in [5.41, 5.74) is 0. The lowest BCUT2D eigenvalue weighted by Crippen LogP contribution is -2.30. The predicted octanol–water partition coefficient (Wildman–Crippen LogP) is -0.776. The first-order chi connectivity index (χ1) is 6.16. The Balaban J connectivity index is 3.29. The van der Waals surface area contributed by atoms with Gasteiger partial charge in [-0.05, 0) is 0 Å². The van der Waals surface area contributed by atoms with E-state index < -0.39 is 12.1 Å². The fourth-order valence-corrected chi connectivity index (χ4v) is 0.744. The Labute approximate surface area is 77.0 Å². The standard InChI is InChI=1S/C8H15NO4/c1-13-6-7(10)5-9-4-2-3-8(11)12/h2-3,7,9-10H,4-6H2,1H3,(H,11,12)/b3-2+. The molecule has 5 nitrogen and oxygen atoms in total. The van der Waals surface area contributed by atoms with E-state index in [9.17, 15) is 4.79 Å². The number of aliphatic hydroxyl groups excluding tert-OH is 1. The van der Waals surface area contributed by atoms with Crippen molar-refractivity contribution in [3.8, 4) is 0 Å². The lowest BCUT2D eigenvalue weighted by Gasteiger charge is -2.08. The molecule has 0 heterocycles. The van der Waals surface area contributed by atoms with Gasteiger partial charge < -0.3 is 20.3 Å². The predicted molar refractivity (Wildman–Crippen MR) is 47.5 cm³/mol. The Morgan fingerprint density at radius 2 is 2.38 bits per heavy atom. The minimum Gasteiger partial charge on any atom is -0.478 e. The van der Waals surface area contributed by atoms with Crippen LogP contribution < -0.4 is 5.32 Å². The Hall–Kier alpha value is -0.910. The number of nitrogens with one attached hydrogen (secondary N) is 1. The molecule has 0 aliphatic heterocycles. The van der Waals surface area contributed by atoms with Crippen LogP contribution in [0, 0.1) is 0 Å². The number of carbonyl (C=O) groups is 1. The van der Waals surface area contributed by atoms with Crippen LogP contribution in [-0.2, 0) is 9.53 Å². The maximum absolute atomic E-state index is 10.0. The largest absolute Gasteiger partial charge is 0.478 e. The molecular weight excluding hydrogens is 174 g/mol. The van der Waals surface area contributed by atoms with Crippen molar-refractivity contribution in [1.82, 2.24) is 5.32 Å². The summed E-state index contributed by atoms with van der Waals surface area (Å²) in [6.45, 7) is 1.08. The molecule has 5 heteroatoms. The van der Waals surface area contributed by atoms with Crippen molar-refractivity contribution >= 4 is 5.97 Å². The van der Waals surface area contributed by atoms with Crippen LogP contribution in [0.2, 0.25) is 0 Å². The average molecular weight is 189 g/mol. The highest BCUT2D eigenvalue weighted by Crippen LogP contribution is 1.80. The second kappa shape index (κ2) is 7.72. The lowest BCUT2D eigenvalue weighted by atomic mass is 10.3. The number of aliphatic carboxylic acids is 1. The third-order valence-electron chi connectivity index (χ3n) is 1.26. The summed E-state index contributed by atoms with van der Waals surface area (Å²) in [4.78, 5) is 10.0. The molecule has 0 fully saturated rings. The number of ether oxygens (including phenoxy) is 1. The molecule has 0 amide bonds. The van der Waals surface area contributed by atoms with Gasteiger partial charge in [-0.25, -0.2) is 4.79 Å². The minimum absolute atomic E-state index is 0.273. The number of hydrogen-bond acceptors (Lipinski definition) is 4. The van der Waals surface area contributed by atoms with Gasteiger partial charge in [0, 0.05) is 26.3 Å². The van der Waals surface area contributed by atoms with E-state index in [1.807, 2.05) is 0 Å². The van der Waals surface area contributed by atoms with Crippen molar-refractivity contribution in [1.29, 1.82) is 0 Å². The second-order valence-electron chi connectivity index (χ2n) is 2.51. The van der Waals surface area contributed by atoms with Gasteiger partial charge in [-0.15, -0.1) is 0 Å². The van der Waals surface area contributed by atoms with E-state index in [1.54, 1.807) is 0 Å². The third-order valence-corrected chi connectivity index (χ3v) is 1.26. The van der Waals surface area contributed by atoms with Gasteiger partial charge in [0.05, 0.1) is 12.7 Å². The molecule has 13 heavy (non-hydrogen) atoms. The van der Waals surface area contributed by atoms with Crippen LogP contribution >= 0.6 is 0 Å². The van der Waals surface area contributed by atoms with Crippen molar-refractivity contribution in [3.05, 3.63) is 12.2 Å². The van der Waals surface area contributed by atoms with Gasteiger partial charge in [-0.1, -0.05) is 6.08 Å². The van der Waals surface area contributed by atoms with Gasteiger partial charge in [-0.3, -0.25) is 0 Å². The van der Waals surface area contributed by atoms with E-state index in [-0.39, 0.29) is 6.61 Å². The minimum atomic E-state index is -0.973. The van der Waals surface area contributed by atoms with Crippen molar-refractivity contribution < 1.29 is 19.7 Å². The molecule has 0 bridgehead atoms. The molecule has 1 atom stereocenters. The summed E-state index contributed by atoms with van der Waals surface area (Å²) in [6.07, 6.45) is 1.97. The Morgan fingerprint density at radius 3 is 2.92 bits per heavy atom. The van der Waals surface area contributed by atoms with E-state index in [1.165, 1.54) is 13.2 Å². The van der Waals surface area contributed by atoms with Crippen molar-refractivity contribution in [3.63, 3.8) is 0 Å². The molecule has 0 aromatic rings. The SMILES string of the molecule is COCC(O)CNC/C=C/C(=O)O. The third kappa shape index (κ3) is 9.00. The summed E-state index contributed by atoms with van der Waals surface area (Å²) in [5.74, 6) is -0.973. The first-order valence-electron chi connectivity index (χ1n) is 3.94. The quantitative estimate of drug-likeness (QED) is 0.362. The van der Waals surface area contributed by atoms with Gasteiger partial charge in [-0.2, -0.15) is 0 Å². The zero-order valence-electron chi connectivity index (χ0n) is 7.56. The maximum Gasteiger partial charge on any atom is 0.328 e. The van der Waals surface area contributed by atoms with Crippen molar-refractivity contribution in [2.24, 2.45) is 0 Å². The van der Waals surface area contributed by atoms with Gasteiger partial charge >= 0.3 is 5.97 Å². The fourth-order valence-electron chi connectivity index (χ4n) is 0.744. The van der Waals surface area contributed by atoms with Crippen molar-refractivity contribution in [2.75, 3.05) is 26.8 Å². The van der Waals surface area contributed by atoms with Crippen LogP contribution in [0.3, 0.4) is 0 Å². The number of hydrogen-bond donors (Lipinski definition) is 3. The number of carboxylic acids is 1. The molecule has 0 spiro atoms. The lowest BCUT2D eigenvalue weighted by molar-refractivity contribution is -0.131. The smallest absolute Gasteiger partial charge is 0.328 e. The van der Waals surface area contributed by atoms with Gasteiger partial charge in [0.2, 0.25) is 0 Å². The van der Waals surface area contributed by atoms with Gasteiger partial charge in [0.25, 0.3) is 0 Å². The normalized spacial score (nSPS) is 13.4. The van der Waals surface area contributed by atoms with Crippen LogP contribution in [0.4, 0.5) is 0 Å². The topological polar surface area (TPSA) is 78.8 Å². The van der Waals surface area contributed by atoms with E-state index in [2.05, 4.69) is 5.32 Å². The summed E-state index contributed by atoms with van der Waals surface area (Å²) in [6, 6.07) is 0. The van der Waals surface area contributed by atoms with Crippen LogP contribution in [0.1, 0.15) is 0 Å². The molecule has 0 aromatic carbocycles. The second-order valence-corrected chi connectivity index (χ2v) is 2.51. The molecule has 0 aliphatic carbocycles. The first kappa shape index (κ1) is 12.1. The first-order valence-corrected chi connectivity index (χ1v) is 3.94. The van der Waals surface area contributed by atoms with Crippen LogP contribution in [0.25, 0.3) is 0 Å². The van der Waals surface area contributed by atoms with E-state index in [0.29, 0.717) is 13.1 Å². The van der Waals surface area contributed by atoms with E-state index in [4.69, 9.17) is 14.9 Å². The fraction of sp³-hybridized carbons (Fsp3) is 0.625. The number of rotatable bonds is 7. The van der Waals surface area contributed by atoms with E-state index >= 15 is 0 Å². The molecule has 1 unspecified atom stereocenters. The van der Waals surface area contributed by atoms with Crippen LogP contribution in [-0.4, -0.2) is 49.1 Å². The van der Waals surface area contributed by atoms with Gasteiger partial charge in [0.15, 0.2) is 0 Å². The molecule has 0 radical (unpaired) electrons. The molecule has 0 rings (SSSR count). The molecule has 76 valence electrons. The number of aliphatic hydroxyl groups is 1. The zero-order chi connectivity index (χ0) is 10.1. The Kier molecular flexibility index (Phi) is 7.18.